The minimum absolute atomic E-state index is 0.0145. The monoisotopic (exact) mass is 431 g/mol. The number of fused-ring (bicyclic) bond motifs is 1. The Kier molecular flexibility index (Phi) is 5.50. The Labute approximate surface area is 164 Å². The molecule has 0 radical (unpaired) electrons. The summed E-state index contributed by atoms with van der Waals surface area (Å²) in [7, 11) is 0. The standard InChI is InChI=1S/C18H18BrN5O3/c1-10(2)16-13(7-20-18-21-9-22-24(16)18)17(26)27-8-15(25)23-12-4-5-14(19)11(3)6-12/h4-7,9-10H,8H2,1-3H3,(H,23,25). The van der Waals surface area contributed by atoms with Gasteiger partial charge in [0.1, 0.15) is 6.33 Å². The highest BCUT2D eigenvalue weighted by Crippen LogP contribution is 2.21. The highest BCUT2D eigenvalue weighted by Gasteiger charge is 2.21. The van der Waals surface area contributed by atoms with Crippen molar-refractivity contribution < 1.29 is 14.3 Å². The molecule has 8 nitrogen and oxygen atoms in total. The predicted octanol–water partition coefficient (Wildman–Crippen LogP) is 3.11. The van der Waals surface area contributed by atoms with E-state index in [1.807, 2.05) is 32.9 Å². The molecule has 2 heterocycles. The zero-order valence-corrected chi connectivity index (χ0v) is 16.6. The first-order chi connectivity index (χ1) is 12.9. The van der Waals surface area contributed by atoms with Gasteiger partial charge in [0.25, 0.3) is 11.7 Å². The van der Waals surface area contributed by atoms with Crippen molar-refractivity contribution in [2.75, 3.05) is 11.9 Å². The van der Waals surface area contributed by atoms with Crippen molar-refractivity contribution >= 4 is 39.3 Å². The van der Waals surface area contributed by atoms with Crippen LogP contribution in [-0.2, 0) is 9.53 Å². The summed E-state index contributed by atoms with van der Waals surface area (Å²) in [6.07, 6.45) is 2.77. The molecule has 0 fully saturated rings. The molecule has 0 saturated carbocycles. The summed E-state index contributed by atoms with van der Waals surface area (Å²) in [5, 5.41) is 6.80. The number of rotatable bonds is 5. The van der Waals surface area contributed by atoms with Gasteiger partial charge in [0, 0.05) is 16.4 Å². The third-order valence-electron chi connectivity index (χ3n) is 3.89. The summed E-state index contributed by atoms with van der Waals surface area (Å²) in [5.74, 6) is -0.672. The van der Waals surface area contributed by atoms with Crippen LogP contribution in [0.25, 0.3) is 5.78 Å². The molecule has 0 aliphatic heterocycles. The summed E-state index contributed by atoms with van der Waals surface area (Å²) in [6.45, 7) is 5.37. The first-order valence-corrected chi connectivity index (χ1v) is 9.08. The average molecular weight is 432 g/mol. The van der Waals surface area contributed by atoms with Gasteiger partial charge < -0.3 is 10.1 Å². The largest absolute Gasteiger partial charge is 0.452 e. The van der Waals surface area contributed by atoms with Crippen molar-refractivity contribution in [1.29, 1.82) is 0 Å². The summed E-state index contributed by atoms with van der Waals surface area (Å²) < 4.78 is 7.62. The molecule has 3 rings (SSSR count). The fourth-order valence-corrected chi connectivity index (χ4v) is 2.88. The number of aryl methyl sites for hydroxylation is 1. The van der Waals surface area contributed by atoms with Gasteiger partial charge >= 0.3 is 5.97 Å². The van der Waals surface area contributed by atoms with Crippen LogP contribution < -0.4 is 5.32 Å². The smallest absolute Gasteiger partial charge is 0.342 e. The van der Waals surface area contributed by atoms with Crippen molar-refractivity contribution in [3.63, 3.8) is 0 Å². The topological polar surface area (TPSA) is 98.5 Å². The number of ether oxygens (including phenoxy) is 1. The van der Waals surface area contributed by atoms with Gasteiger partial charge in [-0.3, -0.25) is 4.79 Å². The zero-order valence-electron chi connectivity index (χ0n) is 15.1. The lowest BCUT2D eigenvalue weighted by molar-refractivity contribution is -0.119. The Morgan fingerprint density at radius 1 is 1.30 bits per heavy atom. The van der Waals surface area contributed by atoms with Crippen LogP contribution in [-0.4, -0.2) is 38.1 Å². The minimum Gasteiger partial charge on any atom is -0.452 e. The van der Waals surface area contributed by atoms with Crippen LogP contribution in [0.5, 0.6) is 0 Å². The van der Waals surface area contributed by atoms with Gasteiger partial charge in [0.2, 0.25) is 0 Å². The van der Waals surface area contributed by atoms with Crippen LogP contribution in [0.2, 0.25) is 0 Å². The van der Waals surface area contributed by atoms with Crippen LogP contribution in [0.3, 0.4) is 0 Å². The lowest BCUT2D eigenvalue weighted by Crippen LogP contribution is -2.22. The number of anilines is 1. The second-order valence-electron chi connectivity index (χ2n) is 6.27. The Bertz CT molecular complexity index is 1020. The number of carbonyl (C=O) groups is 2. The van der Waals surface area contributed by atoms with E-state index in [0.29, 0.717) is 17.2 Å². The number of nitrogens with zero attached hydrogens (tertiary/aromatic N) is 4. The molecule has 0 atom stereocenters. The van der Waals surface area contributed by atoms with Gasteiger partial charge in [-0.1, -0.05) is 29.8 Å². The molecule has 0 aliphatic rings. The van der Waals surface area contributed by atoms with Crippen molar-refractivity contribution in [2.45, 2.75) is 26.7 Å². The molecule has 2 aromatic heterocycles. The van der Waals surface area contributed by atoms with Crippen molar-refractivity contribution in [2.24, 2.45) is 0 Å². The van der Waals surface area contributed by atoms with Crippen LogP contribution in [0, 0.1) is 6.92 Å². The molecule has 1 amide bonds. The third kappa shape index (κ3) is 4.13. The first kappa shape index (κ1) is 19.0. The maximum absolute atomic E-state index is 12.5. The Balaban J connectivity index is 1.70. The van der Waals surface area contributed by atoms with Gasteiger partial charge in [-0.15, -0.1) is 0 Å². The molecule has 3 aromatic rings. The van der Waals surface area contributed by atoms with E-state index in [1.165, 1.54) is 17.0 Å². The fraction of sp³-hybridized carbons (Fsp3) is 0.278. The number of hydrogen-bond acceptors (Lipinski definition) is 6. The average Bonchev–Trinajstić information content (AvgIpc) is 3.10. The number of hydrogen-bond donors (Lipinski definition) is 1. The fourth-order valence-electron chi connectivity index (χ4n) is 2.64. The molecule has 0 bridgehead atoms. The summed E-state index contributed by atoms with van der Waals surface area (Å²) in [6, 6.07) is 5.42. The molecular weight excluding hydrogens is 414 g/mol. The second kappa shape index (κ2) is 7.83. The van der Waals surface area contributed by atoms with E-state index in [0.717, 1.165) is 10.0 Å². The van der Waals surface area contributed by atoms with Gasteiger partial charge in [0.05, 0.1) is 11.3 Å². The highest BCUT2D eigenvalue weighted by molar-refractivity contribution is 9.10. The van der Waals surface area contributed by atoms with E-state index in [9.17, 15) is 9.59 Å². The van der Waals surface area contributed by atoms with Crippen molar-refractivity contribution in [1.82, 2.24) is 19.6 Å². The number of benzene rings is 1. The number of nitrogens with one attached hydrogen (secondary N) is 1. The van der Waals surface area contributed by atoms with Crippen molar-refractivity contribution in [3.8, 4) is 0 Å². The predicted molar refractivity (Wildman–Crippen MR) is 103 cm³/mol. The van der Waals surface area contributed by atoms with Gasteiger partial charge in [-0.05, 0) is 36.6 Å². The number of carbonyl (C=O) groups excluding carboxylic acids is 2. The molecule has 140 valence electrons. The molecule has 1 N–H and O–H groups in total. The van der Waals surface area contributed by atoms with Crippen LogP contribution >= 0.6 is 15.9 Å². The molecule has 0 saturated heterocycles. The Morgan fingerprint density at radius 2 is 2.07 bits per heavy atom. The number of esters is 1. The SMILES string of the molecule is Cc1cc(NC(=O)COC(=O)c2cnc3ncnn3c2C(C)C)ccc1Br. The van der Waals surface area contributed by atoms with Gasteiger partial charge in [0.15, 0.2) is 6.61 Å². The normalized spacial score (nSPS) is 11.0. The lowest BCUT2D eigenvalue weighted by Gasteiger charge is -2.13. The van der Waals surface area contributed by atoms with E-state index in [4.69, 9.17) is 4.74 Å². The van der Waals surface area contributed by atoms with Gasteiger partial charge in [-0.2, -0.15) is 10.1 Å². The van der Waals surface area contributed by atoms with Crippen molar-refractivity contribution in [3.05, 3.63) is 52.0 Å². The molecule has 0 unspecified atom stereocenters. The van der Waals surface area contributed by atoms with E-state index in [2.05, 4.69) is 36.3 Å². The quantitative estimate of drug-likeness (QED) is 0.623. The van der Waals surface area contributed by atoms with E-state index in [1.54, 1.807) is 6.07 Å². The zero-order chi connectivity index (χ0) is 19.6. The second-order valence-corrected chi connectivity index (χ2v) is 7.13. The number of aromatic nitrogens is 4. The Hall–Kier alpha value is -2.81. The lowest BCUT2D eigenvalue weighted by atomic mass is 10.1. The van der Waals surface area contributed by atoms with E-state index in [-0.39, 0.29) is 11.5 Å². The van der Waals surface area contributed by atoms with Crippen LogP contribution in [0.15, 0.2) is 35.2 Å². The molecule has 27 heavy (non-hydrogen) atoms. The van der Waals surface area contributed by atoms with Crippen LogP contribution in [0.4, 0.5) is 5.69 Å². The highest BCUT2D eigenvalue weighted by atomic mass is 79.9. The number of halogens is 1. The van der Waals surface area contributed by atoms with E-state index < -0.39 is 18.5 Å². The first-order valence-electron chi connectivity index (χ1n) is 8.28. The maximum Gasteiger partial charge on any atom is 0.342 e. The van der Waals surface area contributed by atoms with Crippen LogP contribution in [0.1, 0.15) is 41.4 Å². The molecule has 0 spiro atoms. The molecule has 0 aliphatic carbocycles. The minimum atomic E-state index is -0.634. The summed E-state index contributed by atoms with van der Waals surface area (Å²) in [4.78, 5) is 32.7. The molecule has 1 aromatic carbocycles. The summed E-state index contributed by atoms with van der Waals surface area (Å²) >= 11 is 3.40. The molecular formula is C18H18BrN5O3. The third-order valence-corrected chi connectivity index (χ3v) is 4.78. The maximum atomic E-state index is 12.5. The van der Waals surface area contributed by atoms with Gasteiger partial charge in [-0.25, -0.2) is 14.3 Å². The molecule has 9 heteroatoms. The number of amides is 1. The summed E-state index contributed by atoms with van der Waals surface area (Å²) in [5.41, 5.74) is 2.51. The Morgan fingerprint density at radius 3 is 2.78 bits per heavy atom. The van der Waals surface area contributed by atoms with E-state index >= 15 is 0 Å².